The lowest BCUT2D eigenvalue weighted by molar-refractivity contribution is 0.335. The van der Waals surface area contributed by atoms with Crippen molar-refractivity contribution in [3.05, 3.63) is 0 Å². The van der Waals surface area contributed by atoms with Crippen LogP contribution in [0.25, 0.3) is 0 Å². The lowest BCUT2D eigenvalue weighted by Gasteiger charge is -2.16. The van der Waals surface area contributed by atoms with Crippen molar-refractivity contribution >= 4 is 22.4 Å². The van der Waals surface area contributed by atoms with Gasteiger partial charge in [0.2, 0.25) is 0 Å². The van der Waals surface area contributed by atoms with Gasteiger partial charge in [-0.1, -0.05) is 0 Å². The molecule has 0 atom stereocenters. The molecule has 1 saturated carbocycles. The van der Waals surface area contributed by atoms with Crippen molar-refractivity contribution in [2.75, 3.05) is 37.8 Å². The van der Waals surface area contributed by atoms with Crippen molar-refractivity contribution in [3.63, 3.8) is 0 Å². The number of hydrogen-bond acceptors (Lipinski definition) is 6. The fraction of sp³-hybridized carbons (Fsp3) is 0.727. The molecule has 3 N–H and O–H groups in total. The summed E-state index contributed by atoms with van der Waals surface area (Å²) >= 11 is 1.36. The van der Waals surface area contributed by atoms with Gasteiger partial charge in [-0.05, 0) is 38.3 Å². The molecule has 1 fully saturated rings. The average Bonchev–Trinajstić information content (AvgIpc) is 3.10. The van der Waals surface area contributed by atoms with E-state index in [0.717, 1.165) is 24.1 Å². The number of aromatic nitrogens is 1. The van der Waals surface area contributed by atoms with Crippen LogP contribution in [-0.2, 0) is 0 Å². The van der Waals surface area contributed by atoms with Gasteiger partial charge in [-0.3, -0.25) is 0 Å². The molecule has 1 aromatic rings. The zero-order valence-corrected chi connectivity index (χ0v) is 11.2. The number of rotatable bonds is 7. The van der Waals surface area contributed by atoms with Crippen LogP contribution in [0.3, 0.4) is 0 Å². The molecule has 1 aliphatic carbocycles. The van der Waals surface area contributed by atoms with Gasteiger partial charge < -0.3 is 20.7 Å². The molecule has 0 aliphatic heterocycles. The topological polar surface area (TPSA) is 63.4 Å². The van der Waals surface area contributed by atoms with Crippen LogP contribution in [0.2, 0.25) is 0 Å². The van der Waals surface area contributed by atoms with E-state index >= 15 is 0 Å². The Hall–Kier alpha value is -1.01. The highest BCUT2D eigenvalue weighted by Crippen LogP contribution is 2.35. The Morgan fingerprint density at radius 3 is 3.00 bits per heavy atom. The largest absolute Gasteiger partial charge is 0.487 e. The summed E-state index contributed by atoms with van der Waals surface area (Å²) in [6.07, 6.45) is 2.68. The number of nitrogen functional groups attached to an aromatic ring is 1. The molecule has 1 heterocycles. The molecule has 6 heteroatoms. The second-order valence-corrected chi connectivity index (χ2v) is 5.07. The molecule has 1 aliphatic rings. The number of likely N-dealkylation sites (N-methyl/N-ethyl adjacent to an activating group) is 1. The van der Waals surface area contributed by atoms with Crippen LogP contribution >= 0.6 is 11.5 Å². The summed E-state index contributed by atoms with van der Waals surface area (Å²) in [4.78, 5) is 2.39. The Balaban J connectivity index is 1.81. The molecule has 0 spiro atoms. The smallest absolute Gasteiger partial charge is 0.197 e. The third-order valence-corrected chi connectivity index (χ3v) is 3.68. The predicted octanol–water partition coefficient (Wildman–Crippen LogP) is 1.63. The van der Waals surface area contributed by atoms with Crippen LogP contribution in [0, 0.1) is 0 Å². The fourth-order valence-corrected chi connectivity index (χ4v) is 2.42. The lowest BCUT2D eigenvalue weighted by Crippen LogP contribution is -2.26. The Morgan fingerprint density at radius 2 is 2.35 bits per heavy atom. The lowest BCUT2D eigenvalue weighted by atomic mass is 10.5. The first-order valence-electron chi connectivity index (χ1n) is 6.04. The highest BCUT2D eigenvalue weighted by atomic mass is 32.1. The van der Waals surface area contributed by atoms with E-state index in [0.29, 0.717) is 18.2 Å². The molecular formula is C11H20N4OS. The van der Waals surface area contributed by atoms with Gasteiger partial charge in [0.15, 0.2) is 16.6 Å². The van der Waals surface area contributed by atoms with Crippen molar-refractivity contribution in [1.29, 1.82) is 0 Å². The Kier molecular flexibility index (Phi) is 4.06. The third kappa shape index (κ3) is 3.23. The van der Waals surface area contributed by atoms with Crippen molar-refractivity contribution in [1.82, 2.24) is 9.27 Å². The Bertz CT molecular complexity index is 364. The zero-order valence-electron chi connectivity index (χ0n) is 10.4. The van der Waals surface area contributed by atoms with Crippen LogP contribution in [-0.4, -0.2) is 42.1 Å². The number of hydrogen-bond donors (Lipinski definition) is 2. The summed E-state index contributed by atoms with van der Waals surface area (Å²) in [5.74, 6) is 1.18. The van der Waals surface area contributed by atoms with Gasteiger partial charge in [-0.15, -0.1) is 0 Å². The van der Waals surface area contributed by atoms with E-state index in [-0.39, 0.29) is 0 Å². The Morgan fingerprint density at radius 1 is 1.59 bits per heavy atom. The van der Waals surface area contributed by atoms with Crippen molar-refractivity contribution < 1.29 is 4.74 Å². The van der Waals surface area contributed by atoms with Crippen LogP contribution in [0.4, 0.5) is 10.8 Å². The number of anilines is 2. The van der Waals surface area contributed by atoms with Crippen molar-refractivity contribution in [2.24, 2.45) is 0 Å². The Labute approximate surface area is 106 Å². The predicted molar refractivity (Wildman–Crippen MR) is 71.8 cm³/mol. The monoisotopic (exact) mass is 256 g/mol. The van der Waals surface area contributed by atoms with Gasteiger partial charge in [-0.2, -0.15) is 4.37 Å². The van der Waals surface area contributed by atoms with E-state index in [1.54, 1.807) is 0 Å². The number of nitrogens with two attached hydrogens (primary N) is 1. The highest BCUT2D eigenvalue weighted by Gasteiger charge is 2.25. The second-order valence-electron chi connectivity index (χ2n) is 4.30. The minimum atomic E-state index is 0.481. The maximum absolute atomic E-state index is 5.74. The minimum absolute atomic E-state index is 0.481. The molecule has 17 heavy (non-hydrogen) atoms. The molecular weight excluding hydrogens is 236 g/mol. The maximum atomic E-state index is 5.74. The van der Waals surface area contributed by atoms with Gasteiger partial charge >= 0.3 is 0 Å². The summed E-state index contributed by atoms with van der Waals surface area (Å²) in [7, 11) is 2.17. The SMILES string of the molecule is CCOc1c(N)nsc1NCCN(C)C1CC1. The van der Waals surface area contributed by atoms with E-state index < -0.39 is 0 Å². The fourth-order valence-electron chi connectivity index (χ4n) is 1.73. The average molecular weight is 256 g/mol. The molecule has 0 amide bonds. The van der Waals surface area contributed by atoms with Crippen molar-refractivity contribution in [2.45, 2.75) is 25.8 Å². The van der Waals surface area contributed by atoms with Crippen LogP contribution in [0.15, 0.2) is 0 Å². The maximum Gasteiger partial charge on any atom is 0.197 e. The van der Waals surface area contributed by atoms with Gasteiger partial charge in [0.25, 0.3) is 0 Å². The summed E-state index contributed by atoms with van der Waals surface area (Å²) < 4.78 is 9.57. The standard InChI is InChI=1S/C11H20N4OS/c1-3-16-9-10(12)14-17-11(9)13-6-7-15(2)8-4-5-8/h8,13H,3-7H2,1-2H3,(H2,12,14). The first-order chi connectivity index (χ1) is 8.22. The molecule has 5 nitrogen and oxygen atoms in total. The van der Waals surface area contributed by atoms with Gasteiger partial charge in [0.1, 0.15) is 0 Å². The van der Waals surface area contributed by atoms with E-state index in [1.807, 2.05) is 6.92 Å². The third-order valence-electron chi connectivity index (χ3n) is 2.88. The van der Waals surface area contributed by atoms with Gasteiger partial charge in [-0.25, -0.2) is 0 Å². The van der Waals surface area contributed by atoms with Crippen LogP contribution < -0.4 is 15.8 Å². The molecule has 1 aromatic heterocycles. The summed E-state index contributed by atoms with van der Waals surface area (Å²) in [6.45, 7) is 4.49. The number of nitrogens with zero attached hydrogens (tertiary/aromatic N) is 2. The normalized spacial score (nSPS) is 15.2. The van der Waals surface area contributed by atoms with Crippen LogP contribution in [0.1, 0.15) is 19.8 Å². The first kappa shape index (κ1) is 12.4. The van der Waals surface area contributed by atoms with E-state index in [1.165, 1.54) is 24.4 Å². The van der Waals surface area contributed by atoms with Gasteiger partial charge in [0.05, 0.1) is 6.61 Å². The summed E-state index contributed by atoms with van der Waals surface area (Å²) in [5.41, 5.74) is 5.74. The quantitative estimate of drug-likeness (QED) is 0.776. The van der Waals surface area contributed by atoms with Crippen LogP contribution in [0.5, 0.6) is 5.75 Å². The van der Waals surface area contributed by atoms with Crippen molar-refractivity contribution in [3.8, 4) is 5.75 Å². The molecule has 96 valence electrons. The molecule has 0 saturated heterocycles. The molecule has 0 aromatic carbocycles. The van der Waals surface area contributed by atoms with E-state index in [4.69, 9.17) is 10.5 Å². The number of ether oxygens (including phenoxy) is 1. The zero-order chi connectivity index (χ0) is 12.3. The molecule has 0 bridgehead atoms. The molecule has 0 unspecified atom stereocenters. The number of nitrogens with one attached hydrogen (secondary N) is 1. The van der Waals surface area contributed by atoms with E-state index in [9.17, 15) is 0 Å². The summed E-state index contributed by atoms with van der Waals surface area (Å²) in [5, 5.41) is 4.28. The van der Waals surface area contributed by atoms with E-state index in [2.05, 4.69) is 21.6 Å². The molecule has 2 rings (SSSR count). The van der Waals surface area contributed by atoms with Gasteiger partial charge in [0, 0.05) is 19.1 Å². The second kappa shape index (κ2) is 5.55. The molecule has 0 radical (unpaired) electrons. The minimum Gasteiger partial charge on any atom is -0.487 e. The highest BCUT2D eigenvalue weighted by molar-refractivity contribution is 7.11. The summed E-state index contributed by atoms with van der Waals surface area (Å²) in [6, 6.07) is 0.801. The first-order valence-corrected chi connectivity index (χ1v) is 6.81.